The fraction of sp³-hybridized carbons (Fsp3) is 0.545. The Morgan fingerprint density at radius 1 is 1.62 bits per heavy atom. The summed E-state index contributed by atoms with van der Waals surface area (Å²) in [5.41, 5.74) is 0.0428. The minimum atomic E-state index is -0.291. The van der Waals surface area contributed by atoms with Crippen LogP contribution in [0.15, 0.2) is 16.9 Å². The van der Waals surface area contributed by atoms with Gasteiger partial charge in [0.2, 0.25) is 0 Å². The van der Waals surface area contributed by atoms with Crippen LogP contribution in [0.1, 0.15) is 30.3 Å². The van der Waals surface area contributed by atoms with Crippen LogP contribution in [0, 0.1) is 16.7 Å². The number of hydrogen-bond donors (Lipinski definition) is 0. The summed E-state index contributed by atoms with van der Waals surface area (Å²) in [7, 11) is 0. The van der Waals surface area contributed by atoms with Gasteiger partial charge in [-0.05, 0) is 19.8 Å². The molecule has 1 aliphatic rings. The highest BCUT2D eigenvalue weighted by Crippen LogP contribution is 2.30. The average molecular weight is 219 g/mol. The molecule has 84 valence electrons. The van der Waals surface area contributed by atoms with Gasteiger partial charge in [0.25, 0.3) is 5.91 Å². The molecule has 5 heteroatoms. The van der Waals surface area contributed by atoms with Gasteiger partial charge in [-0.2, -0.15) is 5.26 Å². The van der Waals surface area contributed by atoms with E-state index in [-0.39, 0.29) is 11.3 Å². The number of aromatic nitrogens is 1. The van der Waals surface area contributed by atoms with Crippen molar-refractivity contribution in [1.29, 1.82) is 5.26 Å². The maximum atomic E-state index is 11.9. The molecule has 0 aromatic carbocycles. The predicted octanol–water partition coefficient (Wildman–Crippen LogP) is 1.44. The molecule has 0 radical (unpaired) electrons. The highest BCUT2D eigenvalue weighted by molar-refractivity contribution is 5.92. The van der Waals surface area contributed by atoms with Crippen molar-refractivity contribution in [3.05, 3.63) is 18.0 Å². The Kier molecular flexibility index (Phi) is 2.65. The number of carbonyl (C=O) groups excluding carboxylic acids is 1. The highest BCUT2D eigenvalue weighted by Gasteiger charge is 2.32. The third-order valence-corrected chi connectivity index (χ3v) is 3.08. The van der Waals surface area contributed by atoms with E-state index in [0.717, 1.165) is 0 Å². The molecule has 2 rings (SSSR count). The van der Waals surface area contributed by atoms with Crippen LogP contribution in [0.3, 0.4) is 0 Å². The van der Waals surface area contributed by atoms with Gasteiger partial charge in [-0.3, -0.25) is 4.79 Å². The normalized spacial score (nSPS) is 19.1. The van der Waals surface area contributed by atoms with Gasteiger partial charge in [-0.15, -0.1) is 0 Å². The van der Waals surface area contributed by atoms with E-state index in [4.69, 9.17) is 5.26 Å². The molecule has 1 aromatic heterocycles. The number of nitrogens with zero attached hydrogens (tertiary/aromatic N) is 3. The van der Waals surface area contributed by atoms with Crippen molar-refractivity contribution in [3.63, 3.8) is 0 Å². The Labute approximate surface area is 93.6 Å². The lowest BCUT2D eigenvalue weighted by atomic mass is 9.82. The van der Waals surface area contributed by atoms with E-state index in [2.05, 4.69) is 15.7 Å². The van der Waals surface area contributed by atoms with Crippen molar-refractivity contribution in [2.75, 3.05) is 13.1 Å². The number of hydrogen-bond acceptors (Lipinski definition) is 4. The van der Waals surface area contributed by atoms with Crippen LogP contribution >= 0.6 is 0 Å². The fourth-order valence-corrected chi connectivity index (χ4v) is 1.80. The monoisotopic (exact) mass is 219 g/mol. The van der Waals surface area contributed by atoms with Crippen molar-refractivity contribution >= 4 is 5.91 Å². The molecule has 0 aliphatic carbocycles. The summed E-state index contributed by atoms with van der Waals surface area (Å²) in [5.74, 6) is -0.117. The molecule has 0 spiro atoms. The summed E-state index contributed by atoms with van der Waals surface area (Å²) in [6, 6.07) is 3.86. The van der Waals surface area contributed by atoms with E-state index < -0.39 is 0 Å². The van der Waals surface area contributed by atoms with E-state index >= 15 is 0 Å². The first-order valence-electron chi connectivity index (χ1n) is 5.25. The van der Waals surface area contributed by atoms with E-state index in [0.29, 0.717) is 31.6 Å². The number of piperidine rings is 1. The van der Waals surface area contributed by atoms with Crippen molar-refractivity contribution in [1.82, 2.24) is 10.1 Å². The molecule has 1 saturated heterocycles. The number of carbonyl (C=O) groups is 1. The first-order valence-corrected chi connectivity index (χ1v) is 5.25. The van der Waals surface area contributed by atoms with E-state index in [1.165, 1.54) is 6.26 Å². The first kappa shape index (κ1) is 10.7. The van der Waals surface area contributed by atoms with Gasteiger partial charge in [0, 0.05) is 19.2 Å². The number of likely N-dealkylation sites (tertiary alicyclic amines) is 1. The molecule has 0 unspecified atom stereocenters. The fourth-order valence-electron chi connectivity index (χ4n) is 1.80. The lowest BCUT2D eigenvalue weighted by Crippen LogP contribution is -2.41. The molecule has 1 aliphatic heterocycles. The average Bonchev–Trinajstić information content (AvgIpc) is 2.83. The summed E-state index contributed by atoms with van der Waals surface area (Å²) < 4.78 is 4.64. The van der Waals surface area contributed by atoms with Crippen LogP contribution in [0.5, 0.6) is 0 Å². The third kappa shape index (κ3) is 1.91. The lowest BCUT2D eigenvalue weighted by molar-refractivity contribution is 0.0651. The predicted molar refractivity (Wildman–Crippen MR) is 55.4 cm³/mol. The Morgan fingerprint density at radius 3 is 2.81 bits per heavy atom. The molecule has 0 saturated carbocycles. The summed E-state index contributed by atoms with van der Waals surface area (Å²) >= 11 is 0. The Morgan fingerprint density at radius 2 is 2.31 bits per heavy atom. The third-order valence-electron chi connectivity index (χ3n) is 3.08. The minimum Gasteiger partial charge on any atom is -0.364 e. The molecule has 1 amide bonds. The molecule has 16 heavy (non-hydrogen) atoms. The van der Waals surface area contributed by atoms with Crippen LogP contribution in [-0.4, -0.2) is 29.1 Å². The van der Waals surface area contributed by atoms with Crippen molar-refractivity contribution in [3.8, 4) is 6.07 Å². The molecule has 5 nitrogen and oxygen atoms in total. The van der Waals surface area contributed by atoms with Gasteiger partial charge >= 0.3 is 0 Å². The Hall–Kier alpha value is -1.83. The quantitative estimate of drug-likeness (QED) is 0.716. The van der Waals surface area contributed by atoms with Gasteiger partial charge in [0.1, 0.15) is 6.26 Å². The minimum absolute atomic E-state index is 0.117. The van der Waals surface area contributed by atoms with Gasteiger partial charge in [-0.25, -0.2) is 0 Å². The summed E-state index contributed by atoms with van der Waals surface area (Å²) in [6.45, 7) is 3.15. The second-order valence-corrected chi connectivity index (χ2v) is 4.35. The highest BCUT2D eigenvalue weighted by atomic mass is 16.5. The molecule has 0 N–H and O–H groups in total. The smallest absolute Gasteiger partial charge is 0.276 e. The zero-order chi connectivity index (χ0) is 11.6. The van der Waals surface area contributed by atoms with Crippen LogP contribution in [0.4, 0.5) is 0 Å². The number of amides is 1. The van der Waals surface area contributed by atoms with Crippen LogP contribution in [0.25, 0.3) is 0 Å². The topological polar surface area (TPSA) is 70.1 Å². The lowest BCUT2D eigenvalue weighted by Gasteiger charge is -2.34. The van der Waals surface area contributed by atoms with Crippen LogP contribution < -0.4 is 0 Å². The molecule has 1 aromatic rings. The SMILES string of the molecule is CC1(C#N)CCN(C(=O)c2ccon2)CC1. The zero-order valence-electron chi connectivity index (χ0n) is 9.14. The largest absolute Gasteiger partial charge is 0.364 e. The summed E-state index contributed by atoms with van der Waals surface area (Å²) in [5, 5.41) is 12.6. The maximum absolute atomic E-state index is 11.9. The van der Waals surface area contributed by atoms with Crippen LogP contribution in [0.2, 0.25) is 0 Å². The summed E-state index contributed by atoms with van der Waals surface area (Å²) in [6.07, 6.45) is 2.82. The zero-order valence-corrected chi connectivity index (χ0v) is 9.14. The van der Waals surface area contributed by atoms with E-state index in [1.54, 1.807) is 11.0 Å². The van der Waals surface area contributed by atoms with E-state index in [9.17, 15) is 4.79 Å². The summed E-state index contributed by atoms with van der Waals surface area (Å²) in [4.78, 5) is 13.6. The molecule has 0 atom stereocenters. The second-order valence-electron chi connectivity index (χ2n) is 4.35. The Balaban J connectivity index is 2.00. The first-order chi connectivity index (χ1) is 7.64. The van der Waals surface area contributed by atoms with Gasteiger partial charge in [0.05, 0.1) is 11.5 Å². The molecule has 1 fully saturated rings. The number of rotatable bonds is 1. The van der Waals surface area contributed by atoms with Gasteiger partial charge < -0.3 is 9.42 Å². The van der Waals surface area contributed by atoms with Gasteiger partial charge in [-0.1, -0.05) is 5.16 Å². The molecule has 2 heterocycles. The number of nitriles is 1. The van der Waals surface area contributed by atoms with E-state index in [1.807, 2.05) is 6.92 Å². The second kappa shape index (κ2) is 3.97. The molecule has 0 bridgehead atoms. The van der Waals surface area contributed by atoms with Crippen molar-refractivity contribution < 1.29 is 9.32 Å². The van der Waals surface area contributed by atoms with Crippen molar-refractivity contribution in [2.45, 2.75) is 19.8 Å². The Bertz CT molecular complexity index is 411. The van der Waals surface area contributed by atoms with Crippen molar-refractivity contribution in [2.24, 2.45) is 5.41 Å². The maximum Gasteiger partial charge on any atom is 0.276 e. The molecular weight excluding hydrogens is 206 g/mol. The molecular formula is C11H13N3O2. The van der Waals surface area contributed by atoms with Gasteiger partial charge in [0.15, 0.2) is 5.69 Å². The van der Waals surface area contributed by atoms with Crippen LogP contribution in [-0.2, 0) is 0 Å². The standard InChI is InChI=1S/C11H13N3O2/c1-11(8-12)3-5-14(6-4-11)10(15)9-2-7-16-13-9/h2,7H,3-6H2,1H3.